The SMILES string of the molecule is NCC1(Sc2ccccc2Br)CC(O)C1. The van der Waals surface area contributed by atoms with Crippen LogP contribution in [0.25, 0.3) is 0 Å². The molecule has 0 heterocycles. The molecular weight excluding hydrogens is 274 g/mol. The number of halogens is 1. The highest BCUT2D eigenvalue weighted by molar-refractivity contribution is 9.10. The monoisotopic (exact) mass is 287 g/mol. The van der Waals surface area contributed by atoms with Crippen molar-refractivity contribution in [2.24, 2.45) is 5.73 Å². The summed E-state index contributed by atoms with van der Waals surface area (Å²) in [5.74, 6) is 0. The summed E-state index contributed by atoms with van der Waals surface area (Å²) in [6.07, 6.45) is 1.44. The summed E-state index contributed by atoms with van der Waals surface area (Å²) >= 11 is 5.30. The Balaban J connectivity index is 2.11. The average molecular weight is 288 g/mol. The molecule has 1 aliphatic rings. The Morgan fingerprint density at radius 2 is 2.13 bits per heavy atom. The highest BCUT2D eigenvalue weighted by Crippen LogP contribution is 2.48. The van der Waals surface area contributed by atoms with Gasteiger partial charge in [0.1, 0.15) is 0 Å². The summed E-state index contributed by atoms with van der Waals surface area (Å²) < 4.78 is 1.15. The van der Waals surface area contributed by atoms with E-state index >= 15 is 0 Å². The van der Waals surface area contributed by atoms with Crippen LogP contribution in [0.5, 0.6) is 0 Å². The standard InChI is InChI=1S/C11H14BrNOS/c12-9-3-1-2-4-10(9)15-11(7-13)5-8(14)6-11/h1-4,8,14H,5-7,13H2. The molecule has 4 heteroatoms. The van der Waals surface area contributed by atoms with E-state index in [1.165, 1.54) is 4.90 Å². The molecule has 0 amide bonds. The fraction of sp³-hybridized carbons (Fsp3) is 0.455. The van der Waals surface area contributed by atoms with Crippen molar-refractivity contribution >= 4 is 27.7 Å². The summed E-state index contributed by atoms with van der Waals surface area (Å²) in [4.78, 5) is 1.20. The van der Waals surface area contributed by atoms with E-state index in [0.29, 0.717) is 6.54 Å². The van der Waals surface area contributed by atoms with Crippen LogP contribution in [-0.2, 0) is 0 Å². The predicted molar refractivity (Wildman–Crippen MR) is 67.0 cm³/mol. The van der Waals surface area contributed by atoms with E-state index in [1.807, 2.05) is 18.2 Å². The van der Waals surface area contributed by atoms with E-state index in [4.69, 9.17) is 5.73 Å². The topological polar surface area (TPSA) is 46.2 Å². The van der Waals surface area contributed by atoms with Crippen LogP contribution in [0.1, 0.15) is 12.8 Å². The number of aliphatic hydroxyl groups excluding tert-OH is 1. The van der Waals surface area contributed by atoms with Crippen molar-refractivity contribution in [2.45, 2.75) is 28.6 Å². The van der Waals surface area contributed by atoms with Crippen molar-refractivity contribution < 1.29 is 5.11 Å². The molecule has 0 radical (unpaired) electrons. The predicted octanol–water partition coefficient (Wildman–Crippen LogP) is 2.39. The first-order valence-corrected chi connectivity index (χ1v) is 6.58. The maximum atomic E-state index is 9.38. The van der Waals surface area contributed by atoms with Gasteiger partial charge in [0.15, 0.2) is 0 Å². The molecule has 0 aliphatic heterocycles. The third-order valence-electron chi connectivity index (χ3n) is 2.75. The Labute approximate surface area is 102 Å². The second-order valence-corrected chi connectivity index (χ2v) is 6.35. The molecule has 2 rings (SSSR count). The normalized spacial score (nSPS) is 29.9. The summed E-state index contributed by atoms with van der Waals surface area (Å²) in [6.45, 7) is 0.621. The van der Waals surface area contributed by atoms with Crippen molar-refractivity contribution in [3.05, 3.63) is 28.7 Å². The molecule has 1 aromatic carbocycles. The van der Waals surface area contributed by atoms with E-state index in [1.54, 1.807) is 11.8 Å². The molecule has 82 valence electrons. The number of rotatable bonds is 3. The lowest BCUT2D eigenvalue weighted by Gasteiger charge is -2.44. The Morgan fingerprint density at radius 3 is 2.67 bits per heavy atom. The highest BCUT2D eigenvalue weighted by atomic mass is 79.9. The first kappa shape index (κ1) is 11.5. The number of hydrogen-bond donors (Lipinski definition) is 2. The van der Waals surface area contributed by atoms with Gasteiger partial charge in [-0.2, -0.15) is 0 Å². The van der Waals surface area contributed by atoms with Gasteiger partial charge in [0.05, 0.1) is 6.10 Å². The number of hydrogen-bond acceptors (Lipinski definition) is 3. The van der Waals surface area contributed by atoms with Gasteiger partial charge in [-0.3, -0.25) is 0 Å². The van der Waals surface area contributed by atoms with Crippen LogP contribution < -0.4 is 5.73 Å². The maximum Gasteiger partial charge on any atom is 0.0568 e. The number of nitrogens with two attached hydrogens (primary N) is 1. The summed E-state index contributed by atoms with van der Waals surface area (Å²) in [6, 6.07) is 8.13. The van der Waals surface area contributed by atoms with Crippen LogP contribution in [-0.4, -0.2) is 22.5 Å². The van der Waals surface area contributed by atoms with Crippen molar-refractivity contribution in [2.75, 3.05) is 6.54 Å². The first-order valence-electron chi connectivity index (χ1n) is 4.97. The van der Waals surface area contributed by atoms with Gasteiger partial charge in [-0.25, -0.2) is 0 Å². The molecule has 0 aromatic heterocycles. The fourth-order valence-electron chi connectivity index (χ4n) is 1.85. The van der Waals surface area contributed by atoms with Gasteiger partial charge in [0.2, 0.25) is 0 Å². The Hall–Kier alpha value is -0.0300. The van der Waals surface area contributed by atoms with Crippen LogP contribution in [0.4, 0.5) is 0 Å². The zero-order valence-electron chi connectivity index (χ0n) is 8.32. The molecule has 3 N–H and O–H groups in total. The van der Waals surface area contributed by atoms with Gasteiger partial charge in [-0.1, -0.05) is 12.1 Å². The number of thioether (sulfide) groups is 1. The third-order valence-corrected chi connectivity index (χ3v) is 5.21. The quantitative estimate of drug-likeness (QED) is 0.897. The van der Waals surface area contributed by atoms with Crippen LogP contribution in [0.3, 0.4) is 0 Å². The molecule has 1 aromatic rings. The molecule has 1 fully saturated rings. The minimum atomic E-state index is -0.163. The molecule has 15 heavy (non-hydrogen) atoms. The minimum Gasteiger partial charge on any atom is -0.393 e. The largest absolute Gasteiger partial charge is 0.393 e. The summed E-state index contributed by atoms with van der Waals surface area (Å²) in [5, 5.41) is 9.38. The van der Waals surface area contributed by atoms with Crippen molar-refractivity contribution in [3.8, 4) is 0 Å². The van der Waals surface area contributed by atoms with Crippen LogP contribution in [0, 0.1) is 0 Å². The molecule has 0 bridgehead atoms. The molecule has 2 nitrogen and oxygen atoms in total. The van der Waals surface area contributed by atoms with Gasteiger partial charge < -0.3 is 10.8 Å². The molecule has 1 saturated carbocycles. The summed E-state index contributed by atoms with van der Waals surface area (Å²) in [7, 11) is 0. The molecule has 0 saturated heterocycles. The highest BCUT2D eigenvalue weighted by Gasteiger charge is 2.43. The van der Waals surface area contributed by atoms with Crippen LogP contribution in [0.2, 0.25) is 0 Å². The van der Waals surface area contributed by atoms with Crippen LogP contribution in [0.15, 0.2) is 33.6 Å². The minimum absolute atomic E-state index is 0.0449. The van der Waals surface area contributed by atoms with Gasteiger partial charge in [0.25, 0.3) is 0 Å². The van der Waals surface area contributed by atoms with E-state index in [-0.39, 0.29) is 10.9 Å². The van der Waals surface area contributed by atoms with Gasteiger partial charge >= 0.3 is 0 Å². The molecule has 0 atom stereocenters. The van der Waals surface area contributed by atoms with Gasteiger partial charge in [-0.15, -0.1) is 11.8 Å². The van der Waals surface area contributed by atoms with Crippen molar-refractivity contribution in [3.63, 3.8) is 0 Å². The van der Waals surface area contributed by atoms with Gasteiger partial charge in [0, 0.05) is 20.7 Å². The zero-order valence-corrected chi connectivity index (χ0v) is 10.7. The van der Waals surface area contributed by atoms with Crippen LogP contribution >= 0.6 is 27.7 Å². The van der Waals surface area contributed by atoms with Crippen molar-refractivity contribution in [1.82, 2.24) is 0 Å². The van der Waals surface area contributed by atoms with E-state index in [0.717, 1.165) is 17.3 Å². The molecule has 0 spiro atoms. The Morgan fingerprint density at radius 1 is 1.47 bits per heavy atom. The Bertz CT molecular complexity index is 352. The second kappa shape index (κ2) is 4.45. The van der Waals surface area contributed by atoms with Crippen molar-refractivity contribution in [1.29, 1.82) is 0 Å². The number of aliphatic hydroxyl groups is 1. The zero-order chi connectivity index (χ0) is 10.9. The smallest absolute Gasteiger partial charge is 0.0568 e. The van der Waals surface area contributed by atoms with E-state index in [9.17, 15) is 5.11 Å². The summed E-state index contributed by atoms with van der Waals surface area (Å²) in [5.41, 5.74) is 5.78. The fourth-order valence-corrected chi connectivity index (χ4v) is 3.79. The lowest BCUT2D eigenvalue weighted by atomic mass is 9.81. The average Bonchev–Trinajstić information content (AvgIpc) is 2.18. The molecule has 1 aliphatic carbocycles. The Kier molecular flexibility index (Phi) is 3.40. The van der Waals surface area contributed by atoms with E-state index < -0.39 is 0 Å². The number of benzene rings is 1. The second-order valence-electron chi connectivity index (χ2n) is 3.98. The lowest BCUT2D eigenvalue weighted by molar-refractivity contribution is 0.0643. The van der Waals surface area contributed by atoms with Gasteiger partial charge in [-0.05, 0) is 40.9 Å². The third kappa shape index (κ3) is 2.38. The first-order chi connectivity index (χ1) is 7.15. The molecular formula is C11H14BrNOS. The maximum absolute atomic E-state index is 9.38. The van der Waals surface area contributed by atoms with E-state index in [2.05, 4.69) is 22.0 Å². The lowest BCUT2D eigenvalue weighted by Crippen LogP contribution is -2.49. The molecule has 0 unspecified atom stereocenters.